The van der Waals surface area contributed by atoms with Gasteiger partial charge >= 0.3 is 0 Å². The van der Waals surface area contributed by atoms with Crippen molar-refractivity contribution in [2.75, 3.05) is 0 Å². The summed E-state index contributed by atoms with van der Waals surface area (Å²) in [7, 11) is 0. The second-order valence-corrected chi connectivity index (χ2v) is 4.44. The fourth-order valence-electron chi connectivity index (χ4n) is 1.76. The quantitative estimate of drug-likeness (QED) is 0.640. The molecule has 1 unspecified atom stereocenters. The SMILES string of the molecule is CC1CC(Oc2ccccc2Cl)=CC=C1NN. The molecule has 0 amide bonds. The van der Waals surface area contributed by atoms with E-state index in [4.69, 9.17) is 22.2 Å². The Kier molecular flexibility index (Phi) is 3.71. The highest BCUT2D eigenvalue weighted by Crippen LogP contribution is 2.29. The molecular formula is C13H15ClN2O. The van der Waals surface area contributed by atoms with Crippen molar-refractivity contribution in [3.05, 3.63) is 52.9 Å². The van der Waals surface area contributed by atoms with Gasteiger partial charge in [0.05, 0.1) is 5.02 Å². The van der Waals surface area contributed by atoms with Gasteiger partial charge in [-0.1, -0.05) is 30.7 Å². The molecule has 1 atom stereocenters. The van der Waals surface area contributed by atoms with E-state index >= 15 is 0 Å². The second-order valence-electron chi connectivity index (χ2n) is 4.04. The molecule has 3 N–H and O–H groups in total. The molecule has 0 spiro atoms. The van der Waals surface area contributed by atoms with Crippen LogP contribution in [0, 0.1) is 5.92 Å². The van der Waals surface area contributed by atoms with Crippen LogP contribution < -0.4 is 16.0 Å². The molecule has 0 heterocycles. The predicted molar refractivity (Wildman–Crippen MR) is 69.4 cm³/mol. The first-order chi connectivity index (χ1) is 8.20. The van der Waals surface area contributed by atoms with Gasteiger partial charge in [0.25, 0.3) is 0 Å². The second kappa shape index (κ2) is 5.25. The van der Waals surface area contributed by atoms with E-state index in [0.29, 0.717) is 16.7 Å². The van der Waals surface area contributed by atoms with E-state index in [1.807, 2.05) is 36.4 Å². The Morgan fingerprint density at radius 3 is 2.76 bits per heavy atom. The van der Waals surface area contributed by atoms with Crippen LogP contribution in [0.2, 0.25) is 5.02 Å². The molecule has 3 nitrogen and oxygen atoms in total. The number of benzene rings is 1. The van der Waals surface area contributed by atoms with Crippen LogP contribution in [0.4, 0.5) is 0 Å². The summed E-state index contributed by atoms with van der Waals surface area (Å²) in [5.41, 5.74) is 3.70. The van der Waals surface area contributed by atoms with Gasteiger partial charge in [0.15, 0.2) is 0 Å². The fraction of sp³-hybridized carbons (Fsp3) is 0.231. The van der Waals surface area contributed by atoms with Crippen LogP contribution in [0.15, 0.2) is 47.9 Å². The van der Waals surface area contributed by atoms with Gasteiger partial charge in [-0.05, 0) is 24.3 Å². The van der Waals surface area contributed by atoms with Crippen molar-refractivity contribution >= 4 is 11.6 Å². The van der Waals surface area contributed by atoms with Crippen LogP contribution in [0.1, 0.15) is 13.3 Å². The van der Waals surface area contributed by atoms with Crippen LogP contribution in [0.5, 0.6) is 5.75 Å². The summed E-state index contributed by atoms with van der Waals surface area (Å²) < 4.78 is 5.77. The van der Waals surface area contributed by atoms with E-state index in [1.165, 1.54) is 0 Å². The van der Waals surface area contributed by atoms with Crippen molar-refractivity contribution in [2.24, 2.45) is 11.8 Å². The minimum Gasteiger partial charge on any atom is -0.460 e. The summed E-state index contributed by atoms with van der Waals surface area (Å²) in [6.07, 6.45) is 4.65. The molecule has 0 bridgehead atoms. The maximum Gasteiger partial charge on any atom is 0.145 e. The minimum absolute atomic E-state index is 0.322. The number of halogens is 1. The number of rotatable bonds is 3. The third-order valence-corrected chi connectivity index (χ3v) is 3.04. The van der Waals surface area contributed by atoms with Gasteiger partial charge in [-0.3, -0.25) is 5.84 Å². The largest absolute Gasteiger partial charge is 0.460 e. The normalized spacial score (nSPS) is 19.4. The van der Waals surface area contributed by atoms with Crippen LogP contribution in [-0.4, -0.2) is 0 Å². The summed E-state index contributed by atoms with van der Waals surface area (Å²) in [6.45, 7) is 2.09. The van der Waals surface area contributed by atoms with E-state index in [-0.39, 0.29) is 0 Å². The summed E-state index contributed by atoms with van der Waals surface area (Å²) in [5, 5.41) is 0.618. The van der Waals surface area contributed by atoms with E-state index in [1.54, 1.807) is 0 Å². The Bertz CT molecular complexity index is 468. The molecule has 0 saturated heterocycles. The number of hydrazine groups is 1. The van der Waals surface area contributed by atoms with Crippen molar-refractivity contribution in [2.45, 2.75) is 13.3 Å². The summed E-state index contributed by atoms with van der Waals surface area (Å²) in [4.78, 5) is 0. The summed E-state index contributed by atoms with van der Waals surface area (Å²) in [5.74, 6) is 7.31. The van der Waals surface area contributed by atoms with E-state index in [9.17, 15) is 0 Å². The lowest BCUT2D eigenvalue weighted by Crippen LogP contribution is -2.27. The lowest BCUT2D eigenvalue weighted by Gasteiger charge is -2.21. The highest BCUT2D eigenvalue weighted by molar-refractivity contribution is 6.32. The lowest BCUT2D eigenvalue weighted by molar-refractivity contribution is 0.376. The third-order valence-electron chi connectivity index (χ3n) is 2.73. The first-order valence-electron chi connectivity index (χ1n) is 5.50. The zero-order chi connectivity index (χ0) is 12.3. The Morgan fingerprint density at radius 2 is 2.12 bits per heavy atom. The lowest BCUT2D eigenvalue weighted by atomic mass is 9.98. The zero-order valence-electron chi connectivity index (χ0n) is 9.61. The molecule has 1 aliphatic rings. The monoisotopic (exact) mass is 250 g/mol. The standard InChI is InChI=1S/C13H15ClN2O/c1-9-8-10(6-7-12(9)16-15)17-13-5-3-2-4-11(13)14/h2-7,9,16H,8,15H2,1H3. The number of para-hydroxylation sites is 1. The molecule has 1 aromatic rings. The van der Waals surface area contributed by atoms with Gasteiger partial charge in [0.2, 0.25) is 0 Å². The number of nitrogens with two attached hydrogens (primary N) is 1. The number of hydrogen-bond donors (Lipinski definition) is 2. The fourth-order valence-corrected chi connectivity index (χ4v) is 1.94. The molecule has 1 aromatic carbocycles. The average Bonchev–Trinajstić information content (AvgIpc) is 2.32. The molecule has 0 aromatic heterocycles. The minimum atomic E-state index is 0.322. The van der Waals surface area contributed by atoms with Crippen molar-refractivity contribution in [1.82, 2.24) is 5.43 Å². The smallest absolute Gasteiger partial charge is 0.145 e. The Balaban J connectivity index is 2.14. The Morgan fingerprint density at radius 1 is 1.35 bits per heavy atom. The maximum atomic E-state index is 6.04. The average molecular weight is 251 g/mol. The number of ether oxygens (including phenoxy) is 1. The van der Waals surface area contributed by atoms with Crippen LogP contribution >= 0.6 is 11.6 Å². The van der Waals surface area contributed by atoms with E-state index < -0.39 is 0 Å². The third kappa shape index (κ3) is 2.81. The Labute approximate surface area is 106 Å². The van der Waals surface area contributed by atoms with Gasteiger partial charge in [-0.2, -0.15) is 0 Å². The number of allylic oxidation sites excluding steroid dienone is 4. The zero-order valence-corrected chi connectivity index (χ0v) is 10.4. The van der Waals surface area contributed by atoms with Crippen molar-refractivity contribution in [3.8, 4) is 5.75 Å². The van der Waals surface area contributed by atoms with Crippen molar-refractivity contribution in [3.63, 3.8) is 0 Å². The molecule has 0 radical (unpaired) electrons. The predicted octanol–water partition coefficient (Wildman–Crippen LogP) is 2.99. The molecule has 0 fully saturated rings. The molecule has 1 aliphatic carbocycles. The number of nitrogens with one attached hydrogen (secondary N) is 1. The maximum absolute atomic E-state index is 6.04. The molecule has 4 heteroatoms. The first kappa shape index (κ1) is 12.0. The highest BCUT2D eigenvalue weighted by Gasteiger charge is 2.16. The summed E-state index contributed by atoms with van der Waals surface area (Å²) in [6, 6.07) is 7.45. The first-order valence-corrected chi connectivity index (χ1v) is 5.88. The van der Waals surface area contributed by atoms with Gasteiger partial charge in [-0.25, -0.2) is 0 Å². The van der Waals surface area contributed by atoms with Crippen LogP contribution in [0.25, 0.3) is 0 Å². The van der Waals surface area contributed by atoms with Gasteiger partial charge < -0.3 is 10.2 Å². The molecule has 0 aliphatic heterocycles. The summed E-state index contributed by atoms with van der Waals surface area (Å²) >= 11 is 6.04. The molecular weight excluding hydrogens is 236 g/mol. The number of hydrogen-bond acceptors (Lipinski definition) is 3. The topological polar surface area (TPSA) is 47.3 Å². The van der Waals surface area contributed by atoms with Crippen LogP contribution in [0.3, 0.4) is 0 Å². The molecule has 17 heavy (non-hydrogen) atoms. The van der Waals surface area contributed by atoms with Gasteiger partial charge in [0, 0.05) is 18.0 Å². The van der Waals surface area contributed by atoms with Gasteiger partial charge in [-0.15, -0.1) is 0 Å². The molecule has 0 saturated carbocycles. The van der Waals surface area contributed by atoms with Crippen molar-refractivity contribution < 1.29 is 4.74 Å². The van der Waals surface area contributed by atoms with Gasteiger partial charge in [0.1, 0.15) is 11.5 Å². The molecule has 90 valence electrons. The molecule has 2 rings (SSSR count). The van der Waals surface area contributed by atoms with E-state index in [2.05, 4.69) is 12.3 Å². The van der Waals surface area contributed by atoms with Crippen LogP contribution in [-0.2, 0) is 0 Å². The van der Waals surface area contributed by atoms with Crippen molar-refractivity contribution in [1.29, 1.82) is 0 Å². The van der Waals surface area contributed by atoms with E-state index in [0.717, 1.165) is 17.9 Å². The highest BCUT2D eigenvalue weighted by atomic mass is 35.5. The Hall–Kier alpha value is -1.45.